The van der Waals surface area contributed by atoms with Crippen LogP contribution >= 0.6 is 0 Å². The molecular formula is C55H42N4. The van der Waals surface area contributed by atoms with Crippen LogP contribution in [0.1, 0.15) is 38.8 Å². The quantitative estimate of drug-likeness (QED) is 0.176. The van der Waals surface area contributed by atoms with Crippen molar-refractivity contribution in [1.29, 1.82) is 0 Å². The molecule has 0 N–H and O–H groups in total. The molecule has 282 valence electrons. The number of aromatic nitrogens is 4. The van der Waals surface area contributed by atoms with Crippen LogP contribution in [-0.2, 0) is 10.8 Å². The Morgan fingerprint density at radius 3 is 1.71 bits per heavy atom. The molecule has 0 unspecified atom stereocenters. The molecule has 0 fully saturated rings. The normalized spacial score (nSPS) is 14.0. The highest BCUT2D eigenvalue weighted by Gasteiger charge is 2.47. The minimum atomic E-state index is -0.147. The van der Waals surface area contributed by atoms with Gasteiger partial charge in [-0.15, -0.1) is 0 Å². The third kappa shape index (κ3) is 5.40. The maximum absolute atomic E-state index is 5.13. The monoisotopic (exact) mass is 758 g/mol. The summed E-state index contributed by atoms with van der Waals surface area (Å²) in [5.41, 5.74) is 13.8. The molecule has 2 heterocycles. The van der Waals surface area contributed by atoms with Gasteiger partial charge < -0.3 is 4.57 Å². The van der Waals surface area contributed by atoms with Gasteiger partial charge in [0.25, 0.3) is 0 Å². The first-order valence-corrected chi connectivity index (χ1v) is 20.5. The van der Waals surface area contributed by atoms with Crippen LogP contribution in [0, 0.1) is 0 Å². The summed E-state index contributed by atoms with van der Waals surface area (Å²) in [6.07, 6.45) is 0. The molecule has 0 bridgehead atoms. The van der Waals surface area contributed by atoms with Crippen LogP contribution in [0.3, 0.4) is 0 Å². The molecule has 10 aromatic rings. The maximum atomic E-state index is 5.13. The Kier molecular flexibility index (Phi) is 7.83. The number of hydrogen-bond donors (Lipinski definition) is 0. The van der Waals surface area contributed by atoms with Gasteiger partial charge in [-0.3, -0.25) is 0 Å². The molecule has 0 spiro atoms. The molecule has 0 saturated carbocycles. The van der Waals surface area contributed by atoms with Crippen LogP contribution in [0.25, 0.3) is 94.7 Å². The second-order valence-corrected chi connectivity index (χ2v) is 16.9. The van der Waals surface area contributed by atoms with Crippen molar-refractivity contribution in [2.45, 2.75) is 38.5 Å². The molecule has 4 nitrogen and oxygen atoms in total. The highest BCUT2D eigenvalue weighted by Crippen LogP contribution is 2.58. The molecule has 1 aliphatic rings. The first-order chi connectivity index (χ1) is 28.8. The first-order valence-electron chi connectivity index (χ1n) is 20.5. The van der Waals surface area contributed by atoms with E-state index in [0.29, 0.717) is 17.5 Å². The van der Waals surface area contributed by atoms with Crippen molar-refractivity contribution in [3.8, 4) is 62.1 Å². The van der Waals surface area contributed by atoms with Crippen LogP contribution in [0.4, 0.5) is 0 Å². The fraction of sp³-hybridized carbons (Fsp3) is 0.109. The third-order valence-corrected chi connectivity index (χ3v) is 13.2. The van der Waals surface area contributed by atoms with E-state index in [1.165, 1.54) is 54.8 Å². The van der Waals surface area contributed by atoms with Gasteiger partial charge >= 0.3 is 0 Å². The molecule has 4 heteroatoms. The first kappa shape index (κ1) is 35.0. The molecule has 11 rings (SSSR count). The van der Waals surface area contributed by atoms with Crippen molar-refractivity contribution in [3.05, 3.63) is 193 Å². The molecule has 0 saturated heterocycles. The summed E-state index contributed by atoms with van der Waals surface area (Å²) in [6.45, 7) is 9.70. The Balaban J connectivity index is 1.10. The van der Waals surface area contributed by atoms with E-state index < -0.39 is 0 Å². The molecule has 0 radical (unpaired) electrons. The number of para-hydroxylation sites is 1. The van der Waals surface area contributed by atoms with E-state index in [0.717, 1.165) is 33.5 Å². The van der Waals surface area contributed by atoms with Crippen molar-refractivity contribution < 1.29 is 0 Å². The Labute approximate surface area is 344 Å². The smallest absolute Gasteiger partial charge is 0.164 e. The van der Waals surface area contributed by atoms with Gasteiger partial charge in [-0.2, -0.15) is 0 Å². The SMILES string of the molecule is CC1(C)c2ccc3c4ccccc4n(-c4ccc(-c5nc(-c6ccccc6)nc(-c6cccc(-c7ccccc7)c6)n5)cc4)c3c2-c2ccc3ccccc3c2C1(C)C. The van der Waals surface area contributed by atoms with Crippen LogP contribution in [-0.4, -0.2) is 19.5 Å². The van der Waals surface area contributed by atoms with Gasteiger partial charge in [0, 0.05) is 44.1 Å². The molecule has 1 aliphatic carbocycles. The van der Waals surface area contributed by atoms with Crippen LogP contribution in [0.2, 0.25) is 0 Å². The zero-order valence-electron chi connectivity index (χ0n) is 33.6. The van der Waals surface area contributed by atoms with E-state index in [1.54, 1.807) is 0 Å². The van der Waals surface area contributed by atoms with Crippen molar-refractivity contribution in [2.24, 2.45) is 0 Å². The second-order valence-electron chi connectivity index (χ2n) is 16.9. The summed E-state index contributed by atoms with van der Waals surface area (Å²) in [7, 11) is 0. The summed E-state index contributed by atoms with van der Waals surface area (Å²) in [5.74, 6) is 1.92. The number of hydrogen-bond acceptors (Lipinski definition) is 3. The molecule has 8 aromatic carbocycles. The van der Waals surface area contributed by atoms with Gasteiger partial charge in [-0.05, 0) is 80.4 Å². The average Bonchev–Trinajstić information content (AvgIpc) is 3.63. The lowest BCUT2D eigenvalue weighted by atomic mass is 9.54. The van der Waals surface area contributed by atoms with Gasteiger partial charge in [0.15, 0.2) is 17.5 Å². The Morgan fingerprint density at radius 2 is 0.983 bits per heavy atom. The summed E-state index contributed by atoms with van der Waals surface area (Å²) in [5, 5.41) is 5.11. The average molecular weight is 759 g/mol. The Morgan fingerprint density at radius 1 is 0.407 bits per heavy atom. The summed E-state index contributed by atoms with van der Waals surface area (Å²) < 4.78 is 2.48. The van der Waals surface area contributed by atoms with Crippen LogP contribution in [0.5, 0.6) is 0 Å². The van der Waals surface area contributed by atoms with Gasteiger partial charge in [-0.25, -0.2) is 15.0 Å². The highest BCUT2D eigenvalue weighted by molar-refractivity contribution is 6.16. The van der Waals surface area contributed by atoms with E-state index in [4.69, 9.17) is 15.0 Å². The van der Waals surface area contributed by atoms with E-state index >= 15 is 0 Å². The van der Waals surface area contributed by atoms with Crippen molar-refractivity contribution >= 4 is 32.6 Å². The highest BCUT2D eigenvalue weighted by atomic mass is 15.0. The van der Waals surface area contributed by atoms with E-state index in [2.05, 4.69) is 190 Å². The lowest BCUT2D eigenvalue weighted by Crippen LogP contribution is -2.43. The Hall–Kier alpha value is -7.17. The number of rotatable bonds is 5. The van der Waals surface area contributed by atoms with Crippen molar-refractivity contribution in [2.75, 3.05) is 0 Å². The third-order valence-electron chi connectivity index (χ3n) is 13.2. The second kappa shape index (κ2) is 13.2. The van der Waals surface area contributed by atoms with Gasteiger partial charge in [0.2, 0.25) is 0 Å². The topological polar surface area (TPSA) is 43.6 Å². The fourth-order valence-corrected chi connectivity index (χ4v) is 9.50. The number of benzene rings is 8. The molecule has 0 aliphatic heterocycles. The number of fused-ring (bicyclic) bond motifs is 9. The molecule has 2 aromatic heterocycles. The zero-order valence-corrected chi connectivity index (χ0v) is 33.6. The van der Waals surface area contributed by atoms with Crippen molar-refractivity contribution in [3.63, 3.8) is 0 Å². The summed E-state index contributed by atoms with van der Waals surface area (Å²) >= 11 is 0. The predicted molar refractivity (Wildman–Crippen MR) is 245 cm³/mol. The summed E-state index contributed by atoms with van der Waals surface area (Å²) in [6, 6.07) is 65.0. The maximum Gasteiger partial charge on any atom is 0.164 e. The van der Waals surface area contributed by atoms with Crippen LogP contribution in [0.15, 0.2) is 182 Å². The fourth-order valence-electron chi connectivity index (χ4n) is 9.50. The Bertz CT molecular complexity index is 3250. The molecule has 59 heavy (non-hydrogen) atoms. The predicted octanol–water partition coefficient (Wildman–Crippen LogP) is 14.0. The summed E-state index contributed by atoms with van der Waals surface area (Å²) in [4.78, 5) is 15.2. The van der Waals surface area contributed by atoms with Gasteiger partial charge in [-0.1, -0.05) is 173 Å². The number of nitrogens with zero attached hydrogens (tertiary/aromatic N) is 4. The van der Waals surface area contributed by atoms with Crippen molar-refractivity contribution in [1.82, 2.24) is 19.5 Å². The van der Waals surface area contributed by atoms with E-state index in [-0.39, 0.29) is 10.8 Å². The minimum Gasteiger partial charge on any atom is -0.309 e. The zero-order chi connectivity index (χ0) is 39.9. The largest absolute Gasteiger partial charge is 0.309 e. The minimum absolute atomic E-state index is 0.118. The van der Waals surface area contributed by atoms with Gasteiger partial charge in [0.05, 0.1) is 11.0 Å². The lowest BCUT2D eigenvalue weighted by Gasteiger charge is -2.49. The molecule has 0 atom stereocenters. The molecular weight excluding hydrogens is 717 g/mol. The van der Waals surface area contributed by atoms with Crippen LogP contribution < -0.4 is 0 Å². The lowest BCUT2D eigenvalue weighted by molar-refractivity contribution is 0.301. The van der Waals surface area contributed by atoms with E-state index in [9.17, 15) is 0 Å². The standard InChI is InChI=1S/C55H42N4/c1-54(2)46-33-32-44-43-24-13-14-25-47(43)59(50(44)48(46)45-31-28-36-18-11-12-23-42(36)49(45)55(54,3)4)41-29-26-38(27-30-41)52-56-51(37-19-9-6-10-20-37)57-53(58-52)40-22-15-21-39(34-40)35-16-7-5-8-17-35/h5-34H,1-4H3. The molecule has 0 amide bonds. The van der Waals surface area contributed by atoms with Gasteiger partial charge in [0.1, 0.15) is 0 Å². The van der Waals surface area contributed by atoms with E-state index in [1.807, 2.05) is 24.3 Å².